The average molecular weight is 131 g/mol. The molecule has 0 atom stereocenters. The molecule has 0 heterocycles. The molecule has 0 aromatic carbocycles. The molecule has 0 aromatic rings. The molecule has 6 heavy (non-hydrogen) atoms. The second-order valence-electron chi connectivity index (χ2n) is 0.889. The average Bonchev–Trinajstić information content (AvgIpc) is 1.38. The molecule has 3 heteroatoms. The van der Waals surface area contributed by atoms with E-state index < -0.39 is 0 Å². The Morgan fingerprint density at radius 1 is 1.50 bits per heavy atom. The Balaban J connectivity index is 0. The van der Waals surface area contributed by atoms with Crippen molar-refractivity contribution in [1.82, 2.24) is 0 Å². The standard InChI is InChI=1S/C3H8S2.Na/c1-2-3(4)5;/h3-5H,2H2,1H3;. The maximum absolute atomic E-state index is 3.96. The van der Waals surface area contributed by atoms with Gasteiger partial charge in [0.15, 0.2) is 0 Å². The molecule has 0 saturated heterocycles. The normalized spacial score (nSPS) is 8.00. The first-order valence-corrected chi connectivity index (χ1v) is 2.66. The molecule has 0 aromatic heterocycles. The third-order valence-electron chi connectivity index (χ3n) is 0.365. The van der Waals surface area contributed by atoms with Crippen molar-refractivity contribution in [2.45, 2.75) is 17.9 Å². The Morgan fingerprint density at radius 2 is 1.67 bits per heavy atom. The zero-order valence-electron chi connectivity index (χ0n) is 4.18. The Kier molecular flexibility index (Phi) is 11.9. The zero-order valence-corrected chi connectivity index (χ0v) is 7.97. The summed E-state index contributed by atoms with van der Waals surface area (Å²) in [7, 11) is 0. The summed E-state index contributed by atoms with van der Waals surface area (Å²) in [5, 5.41) is 0. The van der Waals surface area contributed by atoms with Gasteiger partial charge in [0.05, 0.1) is 0 Å². The summed E-state index contributed by atoms with van der Waals surface area (Å²) in [4.78, 5) is 0. The summed E-state index contributed by atoms with van der Waals surface area (Å²) in [5.74, 6) is 0. The second-order valence-corrected chi connectivity index (χ2v) is 2.54. The van der Waals surface area contributed by atoms with Crippen molar-refractivity contribution in [2.24, 2.45) is 0 Å². The van der Waals surface area contributed by atoms with Crippen LogP contribution in [0.15, 0.2) is 0 Å². The molecule has 0 aliphatic rings. The van der Waals surface area contributed by atoms with Crippen LogP contribution in [0, 0.1) is 0 Å². The first-order valence-electron chi connectivity index (χ1n) is 1.63. The molecule has 0 unspecified atom stereocenters. The molecule has 0 N–H and O–H groups in total. The fourth-order valence-corrected chi connectivity index (χ4v) is 0. The van der Waals surface area contributed by atoms with Crippen LogP contribution >= 0.6 is 25.3 Å². The van der Waals surface area contributed by atoms with E-state index >= 15 is 0 Å². The minimum Gasteiger partial charge on any atom is -0.165 e. The predicted molar refractivity (Wildman–Crippen MR) is 37.8 cm³/mol. The summed E-state index contributed by atoms with van der Waals surface area (Å²) in [6, 6.07) is 0. The molecule has 0 aliphatic carbocycles. The van der Waals surface area contributed by atoms with Gasteiger partial charge in [-0.3, -0.25) is 0 Å². The van der Waals surface area contributed by atoms with Crippen molar-refractivity contribution in [3.8, 4) is 0 Å². The molecule has 0 saturated carbocycles. The molecule has 0 bridgehead atoms. The van der Waals surface area contributed by atoms with E-state index in [4.69, 9.17) is 0 Å². The summed E-state index contributed by atoms with van der Waals surface area (Å²) in [5.41, 5.74) is 0. The number of hydrogen-bond acceptors (Lipinski definition) is 2. The monoisotopic (exact) mass is 131 g/mol. The van der Waals surface area contributed by atoms with Crippen molar-refractivity contribution in [3.05, 3.63) is 0 Å². The number of thiol groups is 2. The molecule has 0 spiro atoms. The van der Waals surface area contributed by atoms with Crippen LogP contribution in [0.4, 0.5) is 0 Å². The molecule has 33 valence electrons. The van der Waals surface area contributed by atoms with Gasteiger partial charge in [0.25, 0.3) is 0 Å². The van der Waals surface area contributed by atoms with E-state index in [1.165, 1.54) is 0 Å². The van der Waals surface area contributed by atoms with Crippen molar-refractivity contribution < 1.29 is 0 Å². The Bertz CT molecular complexity index is 22.8. The van der Waals surface area contributed by atoms with Gasteiger partial charge in [0.1, 0.15) is 0 Å². The SMILES string of the molecule is CCC(S)S.[Na]. The van der Waals surface area contributed by atoms with Crippen LogP contribution in [0.25, 0.3) is 0 Å². The van der Waals surface area contributed by atoms with Gasteiger partial charge in [0.2, 0.25) is 0 Å². The molecule has 0 rings (SSSR count). The zero-order chi connectivity index (χ0) is 4.28. The topological polar surface area (TPSA) is 0 Å². The molecular formula is C3H8NaS2. The molecule has 1 radical (unpaired) electrons. The third kappa shape index (κ3) is 9.20. The van der Waals surface area contributed by atoms with Gasteiger partial charge in [-0.2, -0.15) is 25.3 Å². The summed E-state index contributed by atoms with van der Waals surface area (Å²) in [6.45, 7) is 2.05. The first kappa shape index (κ1) is 10.6. The van der Waals surface area contributed by atoms with Crippen molar-refractivity contribution in [3.63, 3.8) is 0 Å². The van der Waals surface area contributed by atoms with Gasteiger partial charge in [0, 0.05) is 34.1 Å². The van der Waals surface area contributed by atoms with E-state index in [1.807, 2.05) is 6.92 Å². The minimum absolute atomic E-state index is 0. The van der Waals surface area contributed by atoms with Gasteiger partial charge < -0.3 is 0 Å². The summed E-state index contributed by atoms with van der Waals surface area (Å²) >= 11 is 7.92. The smallest absolute Gasteiger partial charge is 0.0439 e. The van der Waals surface area contributed by atoms with Gasteiger partial charge in [-0.25, -0.2) is 0 Å². The fourth-order valence-electron chi connectivity index (χ4n) is 0. The van der Waals surface area contributed by atoms with Gasteiger partial charge in [-0.15, -0.1) is 0 Å². The Hall–Kier alpha value is 1.70. The van der Waals surface area contributed by atoms with Crippen LogP contribution in [0.3, 0.4) is 0 Å². The number of hydrogen-bond donors (Lipinski definition) is 2. The van der Waals surface area contributed by atoms with Crippen LogP contribution in [-0.4, -0.2) is 34.1 Å². The third-order valence-corrected chi connectivity index (χ3v) is 1.10. The van der Waals surface area contributed by atoms with Gasteiger partial charge >= 0.3 is 0 Å². The van der Waals surface area contributed by atoms with E-state index in [1.54, 1.807) is 0 Å². The molecule has 0 aliphatic heterocycles. The van der Waals surface area contributed by atoms with Crippen LogP contribution in [0.5, 0.6) is 0 Å². The van der Waals surface area contributed by atoms with E-state index in [0.717, 1.165) is 6.42 Å². The molecule has 0 fully saturated rings. The summed E-state index contributed by atoms with van der Waals surface area (Å²) < 4.78 is 0.273. The number of rotatable bonds is 1. The molecular weight excluding hydrogens is 123 g/mol. The minimum atomic E-state index is 0. The first-order chi connectivity index (χ1) is 2.27. The molecule has 0 amide bonds. The van der Waals surface area contributed by atoms with Crippen molar-refractivity contribution in [1.29, 1.82) is 0 Å². The quantitative estimate of drug-likeness (QED) is 0.298. The largest absolute Gasteiger partial charge is 0.165 e. The van der Waals surface area contributed by atoms with E-state index in [2.05, 4.69) is 25.3 Å². The van der Waals surface area contributed by atoms with Crippen LogP contribution < -0.4 is 0 Å². The van der Waals surface area contributed by atoms with Crippen molar-refractivity contribution >= 4 is 54.8 Å². The fraction of sp³-hybridized carbons (Fsp3) is 1.00. The second kappa shape index (κ2) is 6.70. The van der Waals surface area contributed by atoms with Crippen LogP contribution in [0.1, 0.15) is 13.3 Å². The van der Waals surface area contributed by atoms with Gasteiger partial charge in [-0.05, 0) is 6.42 Å². The predicted octanol–water partition coefficient (Wildman–Crippen LogP) is 1.20. The van der Waals surface area contributed by atoms with E-state index in [9.17, 15) is 0 Å². The van der Waals surface area contributed by atoms with E-state index in [0.29, 0.717) is 0 Å². The maximum atomic E-state index is 3.96. The van der Waals surface area contributed by atoms with E-state index in [-0.39, 0.29) is 34.1 Å². The molecule has 0 nitrogen and oxygen atoms in total. The van der Waals surface area contributed by atoms with Crippen molar-refractivity contribution in [2.75, 3.05) is 0 Å². The Morgan fingerprint density at radius 3 is 1.67 bits per heavy atom. The Labute approximate surface area is 72.2 Å². The summed E-state index contributed by atoms with van der Waals surface area (Å²) in [6.07, 6.45) is 1.03. The maximum Gasteiger partial charge on any atom is 0.0439 e. The van der Waals surface area contributed by atoms with Crippen LogP contribution in [-0.2, 0) is 0 Å². The van der Waals surface area contributed by atoms with Gasteiger partial charge in [-0.1, -0.05) is 6.92 Å². The van der Waals surface area contributed by atoms with Crippen LogP contribution in [0.2, 0.25) is 0 Å².